The lowest BCUT2D eigenvalue weighted by molar-refractivity contribution is -0.112. The average Bonchev–Trinajstić information content (AvgIpc) is 3.15. The quantitative estimate of drug-likeness (QED) is 0.462. The highest BCUT2D eigenvalue weighted by Crippen LogP contribution is 2.33. The molecule has 2 rings (SSSR count). The standard InChI is InChI=1S/C17H15N3O4S2/c1-8-4-5-25-11(8)6-10(7-18)15(22)20-16-12(17(23)24-3)9(2)13(26-16)14(19)21/h4-6H,1-3H3,(H2,19,21)(H,20,22). The van der Waals surface area contributed by atoms with Crippen molar-refractivity contribution in [2.75, 3.05) is 12.4 Å². The van der Waals surface area contributed by atoms with E-state index in [-0.39, 0.29) is 21.0 Å². The van der Waals surface area contributed by atoms with Crippen molar-refractivity contribution >= 4 is 51.5 Å². The van der Waals surface area contributed by atoms with Crippen LogP contribution in [0.2, 0.25) is 0 Å². The molecule has 2 amide bonds. The van der Waals surface area contributed by atoms with E-state index in [0.717, 1.165) is 21.8 Å². The van der Waals surface area contributed by atoms with Crippen LogP contribution in [0.15, 0.2) is 17.0 Å². The Morgan fingerprint density at radius 2 is 2.04 bits per heavy atom. The number of anilines is 1. The number of carbonyl (C=O) groups is 3. The lowest BCUT2D eigenvalue weighted by atomic mass is 10.1. The van der Waals surface area contributed by atoms with Crippen LogP contribution in [0.25, 0.3) is 6.08 Å². The van der Waals surface area contributed by atoms with E-state index >= 15 is 0 Å². The fraction of sp³-hybridized carbons (Fsp3) is 0.176. The van der Waals surface area contributed by atoms with E-state index in [4.69, 9.17) is 10.5 Å². The molecule has 0 saturated carbocycles. The lowest BCUT2D eigenvalue weighted by Gasteiger charge is -2.05. The normalized spacial score (nSPS) is 10.9. The van der Waals surface area contributed by atoms with Gasteiger partial charge >= 0.3 is 5.97 Å². The van der Waals surface area contributed by atoms with Crippen LogP contribution in [0.3, 0.4) is 0 Å². The minimum Gasteiger partial charge on any atom is -0.465 e. The van der Waals surface area contributed by atoms with Crippen molar-refractivity contribution in [2.24, 2.45) is 5.73 Å². The molecular weight excluding hydrogens is 374 g/mol. The first-order valence-corrected chi connectivity index (χ1v) is 8.98. The van der Waals surface area contributed by atoms with Crippen molar-refractivity contribution in [2.45, 2.75) is 13.8 Å². The van der Waals surface area contributed by atoms with Crippen LogP contribution in [0.1, 0.15) is 36.0 Å². The minimum absolute atomic E-state index is 0.0456. The number of nitriles is 1. The first kappa shape index (κ1) is 19.4. The number of thiophene rings is 2. The van der Waals surface area contributed by atoms with Crippen molar-refractivity contribution in [3.05, 3.63) is 43.5 Å². The number of aryl methyl sites for hydroxylation is 1. The van der Waals surface area contributed by atoms with Gasteiger partial charge in [-0.05, 0) is 42.5 Å². The van der Waals surface area contributed by atoms with Crippen molar-refractivity contribution in [3.63, 3.8) is 0 Å². The molecule has 0 fully saturated rings. The van der Waals surface area contributed by atoms with E-state index in [0.29, 0.717) is 5.56 Å². The highest BCUT2D eigenvalue weighted by Gasteiger charge is 2.26. The SMILES string of the molecule is COC(=O)c1c(NC(=O)C(C#N)=Cc2sccc2C)sc(C(N)=O)c1C. The Bertz CT molecular complexity index is 963. The zero-order chi connectivity index (χ0) is 19.4. The van der Waals surface area contributed by atoms with Crippen LogP contribution >= 0.6 is 22.7 Å². The molecule has 0 unspecified atom stereocenters. The van der Waals surface area contributed by atoms with Gasteiger partial charge in [0.25, 0.3) is 11.8 Å². The molecule has 0 aliphatic heterocycles. The summed E-state index contributed by atoms with van der Waals surface area (Å²) in [5.74, 6) is -2.12. The minimum atomic E-state index is -0.719. The Labute approximate surface area is 157 Å². The summed E-state index contributed by atoms with van der Waals surface area (Å²) in [7, 11) is 1.19. The summed E-state index contributed by atoms with van der Waals surface area (Å²) < 4.78 is 4.71. The second-order valence-electron chi connectivity index (χ2n) is 5.21. The molecule has 7 nitrogen and oxygen atoms in total. The van der Waals surface area contributed by atoms with E-state index in [1.807, 2.05) is 24.4 Å². The Kier molecular flexibility index (Phi) is 5.92. The maximum Gasteiger partial charge on any atom is 0.341 e. The molecule has 26 heavy (non-hydrogen) atoms. The van der Waals surface area contributed by atoms with Gasteiger partial charge in [-0.2, -0.15) is 5.26 Å². The fourth-order valence-corrected chi connectivity index (χ4v) is 4.07. The molecule has 134 valence electrons. The number of esters is 1. The van der Waals surface area contributed by atoms with Crippen molar-refractivity contribution in [1.82, 2.24) is 0 Å². The molecule has 0 aromatic carbocycles. The van der Waals surface area contributed by atoms with Gasteiger partial charge in [0.2, 0.25) is 0 Å². The molecule has 0 bridgehead atoms. The fourth-order valence-electron chi connectivity index (χ4n) is 2.17. The van der Waals surface area contributed by atoms with E-state index in [2.05, 4.69) is 5.32 Å². The Hall–Kier alpha value is -2.96. The highest BCUT2D eigenvalue weighted by molar-refractivity contribution is 7.18. The maximum absolute atomic E-state index is 12.5. The first-order valence-electron chi connectivity index (χ1n) is 7.28. The Balaban J connectivity index is 2.42. The van der Waals surface area contributed by atoms with Crippen LogP contribution in [-0.4, -0.2) is 24.9 Å². The van der Waals surface area contributed by atoms with Crippen LogP contribution in [0, 0.1) is 25.2 Å². The van der Waals surface area contributed by atoms with Crippen LogP contribution in [-0.2, 0) is 9.53 Å². The second kappa shape index (κ2) is 7.95. The number of methoxy groups -OCH3 is 1. The maximum atomic E-state index is 12.5. The summed E-state index contributed by atoms with van der Waals surface area (Å²) in [6.45, 7) is 3.40. The van der Waals surface area contributed by atoms with Crippen LogP contribution in [0.4, 0.5) is 5.00 Å². The number of rotatable bonds is 5. The Morgan fingerprint density at radius 1 is 1.35 bits per heavy atom. The highest BCUT2D eigenvalue weighted by atomic mass is 32.1. The molecule has 9 heteroatoms. The molecule has 2 heterocycles. The third-order valence-corrected chi connectivity index (χ3v) is 5.72. The van der Waals surface area contributed by atoms with Crippen LogP contribution in [0.5, 0.6) is 0 Å². The molecule has 3 N–H and O–H groups in total. The number of hydrogen-bond acceptors (Lipinski definition) is 7. The van der Waals surface area contributed by atoms with Gasteiger partial charge in [-0.3, -0.25) is 9.59 Å². The predicted octanol–water partition coefficient (Wildman–Crippen LogP) is 2.86. The number of hydrogen-bond donors (Lipinski definition) is 2. The molecule has 0 saturated heterocycles. The molecule has 0 radical (unpaired) electrons. The van der Waals surface area contributed by atoms with Gasteiger partial charge in [-0.25, -0.2) is 4.79 Å². The lowest BCUT2D eigenvalue weighted by Crippen LogP contribution is -2.15. The second-order valence-corrected chi connectivity index (χ2v) is 7.18. The molecule has 0 atom stereocenters. The molecule has 0 aliphatic rings. The third-order valence-electron chi connectivity index (χ3n) is 3.53. The smallest absolute Gasteiger partial charge is 0.341 e. The topological polar surface area (TPSA) is 122 Å². The third kappa shape index (κ3) is 3.82. The van der Waals surface area contributed by atoms with E-state index in [1.165, 1.54) is 31.4 Å². The van der Waals surface area contributed by atoms with Crippen molar-refractivity contribution in [3.8, 4) is 6.07 Å². The number of carbonyl (C=O) groups excluding carboxylic acids is 3. The molecule has 0 spiro atoms. The van der Waals surface area contributed by atoms with E-state index in [1.54, 1.807) is 0 Å². The van der Waals surface area contributed by atoms with Gasteiger partial charge in [0.05, 0.1) is 17.6 Å². The van der Waals surface area contributed by atoms with Gasteiger partial charge in [0.15, 0.2) is 0 Å². The summed E-state index contributed by atoms with van der Waals surface area (Å²) in [4.78, 5) is 36.9. The van der Waals surface area contributed by atoms with Gasteiger partial charge in [-0.15, -0.1) is 22.7 Å². The zero-order valence-corrected chi connectivity index (χ0v) is 15.8. The number of nitrogens with one attached hydrogen (secondary N) is 1. The number of ether oxygens (including phenoxy) is 1. The zero-order valence-electron chi connectivity index (χ0n) is 14.2. The number of amides is 2. The van der Waals surface area contributed by atoms with Crippen LogP contribution < -0.4 is 11.1 Å². The van der Waals surface area contributed by atoms with Crippen molar-refractivity contribution < 1.29 is 19.1 Å². The van der Waals surface area contributed by atoms with E-state index < -0.39 is 17.8 Å². The first-order chi connectivity index (χ1) is 12.3. The van der Waals surface area contributed by atoms with Gasteiger partial charge in [0, 0.05) is 4.88 Å². The predicted molar refractivity (Wildman–Crippen MR) is 100 cm³/mol. The summed E-state index contributed by atoms with van der Waals surface area (Å²) in [6, 6.07) is 3.72. The van der Waals surface area contributed by atoms with E-state index in [9.17, 15) is 19.6 Å². The molecule has 0 aliphatic carbocycles. The summed E-state index contributed by atoms with van der Waals surface area (Å²) >= 11 is 2.26. The molecular formula is C17H15N3O4S2. The largest absolute Gasteiger partial charge is 0.465 e. The van der Waals surface area contributed by atoms with Gasteiger partial charge in [-0.1, -0.05) is 0 Å². The van der Waals surface area contributed by atoms with Crippen molar-refractivity contribution in [1.29, 1.82) is 5.26 Å². The van der Waals surface area contributed by atoms with Gasteiger partial charge < -0.3 is 15.8 Å². The summed E-state index contributed by atoms with van der Waals surface area (Å²) in [5, 5.41) is 13.8. The number of nitrogens with zero attached hydrogens (tertiary/aromatic N) is 1. The number of primary amides is 1. The summed E-state index contributed by atoms with van der Waals surface area (Å²) in [5.41, 5.74) is 6.48. The molecule has 2 aromatic heterocycles. The number of nitrogens with two attached hydrogens (primary N) is 1. The summed E-state index contributed by atoms with van der Waals surface area (Å²) in [6.07, 6.45) is 1.47. The Morgan fingerprint density at radius 3 is 2.54 bits per heavy atom. The average molecular weight is 389 g/mol. The monoisotopic (exact) mass is 389 g/mol. The van der Waals surface area contributed by atoms with Gasteiger partial charge in [0.1, 0.15) is 16.6 Å². The molecule has 2 aromatic rings.